The molecule has 0 N–H and O–H groups in total. The molecule has 0 aromatic heterocycles. The Labute approximate surface area is 115 Å². The van der Waals surface area contributed by atoms with Gasteiger partial charge in [0.15, 0.2) is 0 Å². The SMILES string of the molecule is C=CCN(C=O)C1=NN(c2cccc(Br)c2)CC1. The lowest BCUT2D eigenvalue weighted by molar-refractivity contribution is -0.114. The Morgan fingerprint density at radius 1 is 1.56 bits per heavy atom. The largest absolute Gasteiger partial charge is 0.298 e. The van der Waals surface area contributed by atoms with E-state index in [4.69, 9.17) is 0 Å². The minimum absolute atomic E-state index is 0.495. The number of benzene rings is 1. The lowest BCUT2D eigenvalue weighted by atomic mass is 10.3. The zero-order valence-electron chi connectivity index (χ0n) is 9.92. The van der Waals surface area contributed by atoms with E-state index in [1.165, 1.54) is 0 Å². The summed E-state index contributed by atoms with van der Waals surface area (Å²) in [5.74, 6) is 0.782. The molecule has 0 radical (unpaired) electrons. The third kappa shape index (κ3) is 2.79. The van der Waals surface area contributed by atoms with E-state index in [2.05, 4.69) is 27.6 Å². The fraction of sp³-hybridized carbons (Fsp3) is 0.231. The molecule has 2 rings (SSSR count). The van der Waals surface area contributed by atoms with Gasteiger partial charge in [-0.1, -0.05) is 28.1 Å². The molecule has 0 unspecified atom stereocenters. The van der Waals surface area contributed by atoms with Gasteiger partial charge in [0.1, 0.15) is 5.84 Å². The average Bonchev–Trinajstić information content (AvgIpc) is 2.85. The number of nitrogens with zero attached hydrogens (tertiary/aromatic N) is 3. The minimum Gasteiger partial charge on any atom is -0.298 e. The number of amidine groups is 1. The van der Waals surface area contributed by atoms with E-state index in [0.29, 0.717) is 6.54 Å². The molecule has 0 saturated heterocycles. The number of rotatable bonds is 4. The number of carbonyl (C=O) groups is 1. The summed E-state index contributed by atoms with van der Waals surface area (Å²) >= 11 is 3.44. The second-order valence-corrected chi connectivity index (χ2v) is 4.83. The molecule has 0 bridgehead atoms. The molecule has 4 nitrogen and oxygen atoms in total. The van der Waals surface area contributed by atoms with Gasteiger partial charge in [-0.15, -0.1) is 6.58 Å². The van der Waals surface area contributed by atoms with Crippen LogP contribution in [0, 0.1) is 0 Å². The van der Waals surface area contributed by atoms with Crippen molar-refractivity contribution in [3.8, 4) is 0 Å². The smallest absolute Gasteiger partial charge is 0.215 e. The molecule has 1 heterocycles. The van der Waals surface area contributed by atoms with Crippen LogP contribution in [-0.2, 0) is 4.79 Å². The predicted molar refractivity (Wildman–Crippen MR) is 76.5 cm³/mol. The van der Waals surface area contributed by atoms with Crippen molar-refractivity contribution >= 4 is 33.9 Å². The summed E-state index contributed by atoms with van der Waals surface area (Å²) in [7, 11) is 0. The maximum absolute atomic E-state index is 11.0. The Hall–Kier alpha value is -1.62. The van der Waals surface area contributed by atoms with Crippen molar-refractivity contribution in [3.05, 3.63) is 41.4 Å². The summed E-state index contributed by atoms with van der Waals surface area (Å²) in [4.78, 5) is 12.5. The van der Waals surface area contributed by atoms with E-state index in [0.717, 1.165) is 35.4 Å². The van der Waals surface area contributed by atoms with Gasteiger partial charge in [-0.25, -0.2) is 0 Å². The van der Waals surface area contributed by atoms with Gasteiger partial charge < -0.3 is 0 Å². The maximum Gasteiger partial charge on any atom is 0.215 e. The molecule has 94 valence electrons. The zero-order valence-corrected chi connectivity index (χ0v) is 11.5. The van der Waals surface area contributed by atoms with Crippen LogP contribution in [0.5, 0.6) is 0 Å². The van der Waals surface area contributed by atoms with Crippen molar-refractivity contribution in [2.45, 2.75) is 6.42 Å². The van der Waals surface area contributed by atoms with Gasteiger partial charge in [-0.05, 0) is 18.2 Å². The van der Waals surface area contributed by atoms with Crippen molar-refractivity contribution < 1.29 is 4.79 Å². The van der Waals surface area contributed by atoms with Gasteiger partial charge in [-0.3, -0.25) is 14.7 Å². The van der Waals surface area contributed by atoms with Gasteiger partial charge in [0.2, 0.25) is 6.41 Å². The quantitative estimate of drug-likeness (QED) is 0.633. The Kier molecular flexibility index (Phi) is 4.15. The van der Waals surface area contributed by atoms with Crippen LogP contribution in [0.2, 0.25) is 0 Å². The summed E-state index contributed by atoms with van der Waals surface area (Å²) in [6.45, 7) is 4.91. The Balaban J connectivity index is 2.16. The van der Waals surface area contributed by atoms with Crippen molar-refractivity contribution in [1.29, 1.82) is 0 Å². The normalized spacial score (nSPS) is 14.3. The van der Waals surface area contributed by atoms with Gasteiger partial charge in [0, 0.05) is 24.0 Å². The lowest BCUT2D eigenvalue weighted by Crippen LogP contribution is -2.28. The van der Waals surface area contributed by atoms with Crippen LogP contribution in [0.4, 0.5) is 5.69 Å². The fourth-order valence-electron chi connectivity index (χ4n) is 1.82. The number of hydrogen-bond acceptors (Lipinski definition) is 3. The topological polar surface area (TPSA) is 35.9 Å². The molecular weight excluding hydrogens is 294 g/mol. The number of hydrazone groups is 1. The van der Waals surface area contributed by atoms with Crippen molar-refractivity contribution in [3.63, 3.8) is 0 Å². The third-order valence-corrected chi connectivity index (χ3v) is 3.17. The second kappa shape index (κ2) is 5.82. The first-order valence-corrected chi connectivity index (χ1v) is 6.47. The summed E-state index contributed by atoms with van der Waals surface area (Å²) < 4.78 is 1.02. The van der Waals surface area contributed by atoms with Crippen molar-refractivity contribution in [1.82, 2.24) is 4.90 Å². The van der Waals surface area contributed by atoms with E-state index in [-0.39, 0.29) is 0 Å². The first-order chi connectivity index (χ1) is 8.74. The molecule has 1 aromatic rings. The van der Waals surface area contributed by atoms with Crippen molar-refractivity contribution in [2.24, 2.45) is 5.10 Å². The molecule has 5 heteroatoms. The highest BCUT2D eigenvalue weighted by Gasteiger charge is 2.20. The van der Waals surface area contributed by atoms with E-state index < -0.39 is 0 Å². The maximum atomic E-state index is 11.0. The number of halogens is 1. The zero-order chi connectivity index (χ0) is 13.0. The molecular formula is C13H14BrN3O. The van der Waals surface area contributed by atoms with E-state index in [9.17, 15) is 4.79 Å². The van der Waals surface area contributed by atoms with Crippen molar-refractivity contribution in [2.75, 3.05) is 18.1 Å². The highest BCUT2D eigenvalue weighted by Crippen LogP contribution is 2.23. The molecule has 1 aliphatic heterocycles. The second-order valence-electron chi connectivity index (χ2n) is 3.92. The molecule has 0 saturated carbocycles. The summed E-state index contributed by atoms with van der Waals surface area (Å²) in [6.07, 6.45) is 3.25. The van der Waals surface area contributed by atoms with Gasteiger partial charge >= 0.3 is 0 Å². The van der Waals surface area contributed by atoms with E-state index in [1.807, 2.05) is 29.3 Å². The molecule has 0 fully saturated rings. The van der Waals surface area contributed by atoms with E-state index >= 15 is 0 Å². The van der Waals surface area contributed by atoms with Crippen LogP contribution in [0.15, 0.2) is 46.5 Å². The van der Waals surface area contributed by atoms with Crippen LogP contribution in [0.3, 0.4) is 0 Å². The molecule has 0 aliphatic carbocycles. The number of anilines is 1. The Morgan fingerprint density at radius 3 is 3.06 bits per heavy atom. The first-order valence-electron chi connectivity index (χ1n) is 5.68. The summed E-state index contributed by atoms with van der Waals surface area (Å²) in [5.41, 5.74) is 1.02. The molecule has 1 aromatic carbocycles. The summed E-state index contributed by atoms with van der Waals surface area (Å²) in [5, 5.41) is 6.37. The van der Waals surface area contributed by atoms with Crippen LogP contribution < -0.4 is 5.01 Å². The molecule has 0 spiro atoms. The van der Waals surface area contributed by atoms with Crippen LogP contribution in [0.1, 0.15) is 6.42 Å². The average molecular weight is 308 g/mol. The van der Waals surface area contributed by atoms with Crippen LogP contribution in [0.25, 0.3) is 0 Å². The highest BCUT2D eigenvalue weighted by atomic mass is 79.9. The predicted octanol–water partition coefficient (Wildman–Crippen LogP) is 2.62. The molecule has 0 atom stereocenters. The molecule has 1 aliphatic rings. The lowest BCUT2D eigenvalue weighted by Gasteiger charge is -2.14. The summed E-state index contributed by atoms with van der Waals surface area (Å²) in [6, 6.07) is 7.94. The number of carbonyl (C=O) groups excluding carboxylic acids is 1. The standard InChI is InChI=1S/C13H14BrN3O/c1-2-7-16(10-18)13-6-8-17(15-13)12-5-3-4-11(14)9-12/h2-5,9-10H,1,6-8H2. The van der Waals surface area contributed by atoms with E-state index in [1.54, 1.807) is 11.0 Å². The monoisotopic (exact) mass is 307 g/mol. The minimum atomic E-state index is 0.495. The van der Waals surface area contributed by atoms with Gasteiger partial charge in [0.05, 0.1) is 5.69 Å². The Bertz CT molecular complexity index is 487. The van der Waals surface area contributed by atoms with Crippen LogP contribution >= 0.6 is 15.9 Å². The Morgan fingerprint density at radius 2 is 2.39 bits per heavy atom. The number of hydrogen-bond donors (Lipinski definition) is 0. The molecule has 18 heavy (non-hydrogen) atoms. The third-order valence-electron chi connectivity index (χ3n) is 2.67. The first kappa shape index (κ1) is 12.8. The highest BCUT2D eigenvalue weighted by molar-refractivity contribution is 9.10. The van der Waals surface area contributed by atoms with Gasteiger partial charge in [0.25, 0.3) is 0 Å². The number of amides is 1. The van der Waals surface area contributed by atoms with Crippen LogP contribution in [-0.4, -0.2) is 30.2 Å². The molecule has 1 amide bonds. The van der Waals surface area contributed by atoms with Gasteiger partial charge in [-0.2, -0.15) is 5.10 Å². The fourth-order valence-corrected chi connectivity index (χ4v) is 2.21.